The maximum absolute atomic E-state index is 13.4. The lowest BCUT2D eigenvalue weighted by Gasteiger charge is -2.36. The van der Waals surface area contributed by atoms with Gasteiger partial charge in [-0.2, -0.15) is 0 Å². The van der Waals surface area contributed by atoms with Crippen molar-refractivity contribution in [1.82, 2.24) is 4.90 Å². The molecule has 30 heavy (non-hydrogen) atoms. The van der Waals surface area contributed by atoms with Gasteiger partial charge in [0.15, 0.2) is 0 Å². The third-order valence-corrected chi connectivity index (χ3v) is 5.91. The SMILES string of the molecule is CN(C)CCCOc1ccc(NC(=O)C2(c3ccc(Cl)cc3Cl)CCOCC2)cc1. The first-order valence-corrected chi connectivity index (χ1v) is 10.9. The van der Waals surface area contributed by atoms with Crippen molar-refractivity contribution in [3.05, 3.63) is 58.1 Å². The minimum Gasteiger partial charge on any atom is -0.494 e. The van der Waals surface area contributed by atoms with E-state index in [4.69, 9.17) is 32.7 Å². The topological polar surface area (TPSA) is 50.8 Å². The number of ether oxygens (including phenoxy) is 2. The standard InChI is InChI=1S/C23H28Cl2N2O3/c1-27(2)12-3-13-30-19-7-5-18(6-8-19)26-22(28)23(10-14-29-15-11-23)20-9-4-17(24)16-21(20)25/h4-9,16H,3,10-15H2,1-2H3,(H,26,28). The fourth-order valence-electron chi connectivity index (χ4n) is 3.67. The summed E-state index contributed by atoms with van der Waals surface area (Å²) in [5, 5.41) is 4.10. The molecular weight excluding hydrogens is 423 g/mol. The number of hydrogen-bond donors (Lipinski definition) is 1. The molecule has 1 N–H and O–H groups in total. The number of rotatable bonds is 8. The molecule has 1 saturated heterocycles. The predicted octanol–water partition coefficient (Wildman–Crippen LogP) is 5.01. The van der Waals surface area contributed by atoms with Crippen LogP contribution in [0.4, 0.5) is 5.69 Å². The molecule has 3 rings (SSSR count). The van der Waals surface area contributed by atoms with Gasteiger partial charge in [-0.05, 0) is 75.3 Å². The Bertz CT molecular complexity index is 850. The Morgan fingerprint density at radius 3 is 2.47 bits per heavy atom. The van der Waals surface area contributed by atoms with Crippen LogP contribution in [-0.2, 0) is 14.9 Å². The first kappa shape index (κ1) is 22.9. The van der Waals surface area contributed by atoms with Crippen LogP contribution in [0.25, 0.3) is 0 Å². The molecule has 162 valence electrons. The van der Waals surface area contributed by atoms with E-state index >= 15 is 0 Å². The predicted molar refractivity (Wildman–Crippen MR) is 122 cm³/mol. The van der Waals surface area contributed by atoms with E-state index in [-0.39, 0.29) is 5.91 Å². The van der Waals surface area contributed by atoms with Crippen molar-refractivity contribution in [3.8, 4) is 5.75 Å². The molecule has 0 unspecified atom stereocenters. The first-order valence-electron chi connectivity index (χ1n) is 10.1. The molecule has 0 atom stereocenters. The number of carbonyl (C=O) groups excluding carboxylic acids is 1. The molecule has 0 spiro atoms. The van der Waals surface area contributed by atoms with E-state index in [9.17, 15) is 4.79 Å². The van der Waals surface area contributed by atoms with Gasteiger partial charge >= 0.3 is 0 Å². The van der Waals surface area contributed by atoms with Crippen LogP contribution in [0.1, 0.15) is 24.8 Å². The second-order valence-corrected chi connectivity index (χ2v) is 8.65. The third-order valence-electron chi connectivity index (χ3n) is 5.36. The minimum atomic E-state index is -0.749. The Labute approximate surface area is 188 Å². The molecular formula is C23H28Cl2N2O3. The maximum atomic E-state index is 13.4. The summed E-state index contributed by atoms with van der Waals surface area (Å²) in [5.74, 6) is 0.697. The number of anilines is 1. The summed E-state index contributed by atoms with van der Waals surface area (Å²) in [4.78, 5) is 15.5. The molecule has 5 nitrogen and oxygen atoms in total. The summed E-state index contributed by atoms with van der Waals surface area (Å²) in [6.45, 7) is 2.65. The lowest BCUT2D eigenvalue weighted by Crippen LogP contribution is -2.45. The molecule has 1 aliphatic rings. The van der Waals surface area contributed by atoms with Crippen molar-refractivity contribution in [2.45, 2.75) is 24.7 Å². The molecule has 0 aliphatic carbocycles. The van der Waals surface area contributed by atoms with E-state index in [0.29, 0.717) is 42.7 Å². The summed E-state index contributed by atoms with van der Waals surface area (Å²) in [6.07, 6.45) is 2.08. The Balaban J connectivity index is 1.70. The van der Waals surface area contributed by atoms with Crippen LogP contribution in [0.15, 0.2) is 42.5 Å². The first-order chi connectivity index (χ1) is 14.4. The number of hydrogen-bond acceptors (Lipinski definition) is 4. The van der Waals surface area contributed by atoms with Crippen LogP contribution < -0.4 is 10.1 Å². The zero-order valence-electron chi connectivity index (χ0n) is 17.4. The summed E-state index contributed by atoms with van der Waals surface area (Å²) in [5.41, 5.74) is 0.758. The Kier molecular flexibility index (Phi) is 8.00. The molecule has 0 saturated carbocycles. The minimum absolute atomic E-state index is 0.0883. The number of nitrogens with one attached hydrogen (secondary N) is 1. The van der Waals surface area contributed by atoms with E-state index in [2.05, 4.69) is 10.2 Å². The van der Waals surface area contributed by atoms with Gasteiger partial charge in [-0.3, -0.25) is 4.79 Å². The van der Waals surface area contributed by atoms with Gasteiger partial charge in [0.25, 0.3) is 0 Å². The van der Waals surface area contributed by atoms with Crippen LogP contribution in [0, 0.1) is 0 Å². The van der Waals surface area contributed by atoms with Gasteiger partial charge in [-0.15, -0.1) is 0 Å². The van der Waals surface area contributed by atoms with Gasteiger partial charge in [-0.25, -0.2) is 0 Å². The average molecular weight is 451 g/mol. The molecule has 0 bridgehead atoms. The Morgan fingerprint density at radius 1 is 1.13 bits per heavy atom. The zero-order valence-corrected chi connectivity index (χ0v) is 18.9. The molecule has 0 radical (unpaired) electrons. The normalized spacial score (nSPS) is 15.8. The van der Waals surface area contributed by atoms with Gasteiger partial charge < -0.3 is 19.7 Å². The summed E-state index contributed by atoms with van der Waals surface area (Å²) in [6, 6.07) is 12.8. The molecule has 1 amide bonds. The highest BCUT2D eigenvalue weighted by atomic mass is 35.5. The second-order valence-electron chi connectivity index (χ2n) is 7.80. The molecule has 2 aromatic carbocycles. The molecule has 2 aromatic rings. The highest BCUT2D eigenvalue weighted by molar-refractivity contribution is 6.35. The fraction of sp³-hybridized carbons (Fsp3) is 0.435. The summed E-state index contributed by atoms with van der Waals surface area (Å²) < 4.78 is 11.3. The van der Waals surface area contributed by atoms with Gasteiger partial charge in [-0.1, -0.05) is 29.3 Å². The number of carbonyl (C=O) groups is 1. The summed E-state index contributed by atoms with van der Waals surface area (Å²) in [7, 11) is 4.08. The van der Waals surface area contributed by atoms with Crippen molar-refractivity contribution < 1.29 is 14.3 Å². The van der Waals surface area contributed by atoms with Gasteiger partial charge in [0.2, 0.25) is 5.91 Å². The van der Waals surface area contributed by atoms with Crippen molar-refractivity contribution in [2.75, 3.05) is 45.8 Å². The average Bonchev–Trinajstić information content (AvgIpc) is 2.72. The number of amides is 1. The van der Waals surface area contributed by atoms with Crippen LogP contribution in [0.5, 0.6) is 5.75 Å². The van der Waals surface area contributed by atoms with Crippen molar-refractivity contribution in [3.63, 3.8) is 0 Å². The number of halogens is 2. The summed E-state index contributed by atoms with van der Waals surface area (Å²) >= 11 is 12.5. The van der Waals surface area contributed by atoms with Crippen LogP contribution in [0.3, 0.4) is 0 Å². The maximum Gasteiger partial charge on any atom is 0.235 e. The smallest absolute Gasteiger partial charge is 0.235 e. The molecule has 1 fully saturated rings. The molecule has 7 heteroatoms. The van der Waals surface area contributed by atoms with Crippen LogP contribution in [-0.4, -0.2) is 51.3 Å². The quantitative estimate of drug-likeness (QED) is 0.574. The second kappa shape index (κ2) is 10.5. The Morgan fingerprint density at radius 2 is 1.83 bits per heavy atom. The van der Waals surface area contributed by atoms with Crippen molar-refractivity contribution in [2.24, 2.45) is 0 Å². The lowest BCUT2D eigenvalue weighted by molar-refractivity contribution is -0.125. The van der Waals surface area contributed by atoms with E-state index < -0.39 is 5.41 Å². The number of nitrogens with zero attached hydrogens (tertiary/aromatic N) is 1. The lowest BCUT2D eigenvalue weighted by atomic mass is 9.73. The highest BCUT2D eigenvalue weighted by Crippen LogP contribution is 2.40. The Hall–Kier alpha value is -1.79. The molecule has 1 heterocycles. The van der Waals surface area contributed by atoms with Gasteiger partial charge in [0, 0.05) is 35.5 Å². The fourth-order valence-corrected chi connectivity index (χ4v) is 4.26. The largest absolute Gasteiger partial charge is 0.494 e. The van der Waals surface area contributed by atoms with Crippen molar-refractivity contribution in [1.29, 1.82) is 0 Å². The molecule has 1 aliphatic heterocycles. The monoisotopic (exact) mass is 450 g/mol. The van der Waals surface area contributed by atoms with Gasteiger partial charge in [0.05, 0.1) is 12.0 Å². The number of benzene rings is 2. The zero-order chi connectivity index (χ0) is 21.6. The highest BCUT2D eigenvalue weighted by Gasteiger charge is 2.43. The van der Waals surface area contributed by atoms with Crippen LogP contribution in [0.2, 0.25) is 10.0 Å². The van der Waals surface area contributed by atoms with E-state index in [1.807, 2.05) is 44.4 Å². The van der Waals surface area contributed by atoms with E-state index in [1.54, 1.807) is 12.1 Å². The molecule has 0 aromatic heterocycles. The third kappa shape index (κ3) is 5.67. The van der Waals surface area contributed by atoms with Crippen molar-refractivity contribution >= 4 is 34.8 Å². The van der Waals surface area contributed by atoms with E-state index in [0.717, 1.165) is 30.0 Å². The van der Waals surface area contributed by atoms with E-state index in [1.165, 1.54) is 0 Å². The van der Waals surface area contributed by atoms with Crippen LogP contribution >= 0.6 is 23.2 Å². The van der Waals surface area contributed by atoms with Gasteiger partial charge in [0.1, 0.15) is 5.75 Å².